The van der Waals surface area contributed by atoms with Gasteiger partial charge in [0.05, 0.1) is 6.54 Å². The van der Waals surface area contributed by atoms with Gasteiger partial charge in [-0.25, -0.2) is 14.2 Å². The summed E-state index contributed by atoms with van der Waals surface area (Å²) < 4.78 is 17.6. The summed E-state index contributed by atoms with van der Waals surface area (Å²) in [6.45, 7) is 5.78. The number of benzene rings is 1. The summed E-state index contributed by atoms with van der Waals surface area (Å²) in [5.41, 5.74) is 2.63. The maximum Gasteiger partial charge on any atom is 0.330 e. The topological polar surface area (TPSA) is 75.9 Å². The molecule has 0 bridgehead atoms. The van der Waals surface area contributed by atoms with Crippen molar-refractivity contribution in [1.82, 2.24) is 19.1 Å². The van der Waals surface area contributed by atoms with E-state index in [4.69, 9.17) is 0 Å². The van der Waals surface area contributed by atoms with E-state index in [-0.39, 0.29) is 5.82 Å². The molecular formula is C21H26FN5O2. The Morgan fingerprint density at radius 2 is 2.07 bits per heavy atom. The fourth-order valence-electron chi connectivity index (χ4n) is 4.25. The zero-order valence-corrected chi connectivity index (χ0v) is 17.1. The van der Waals surface area contributed by atoms with Crippen LogP contribution in [0.4, 0.5) is 10.1 Å². The van der Waals surface area contributed by atoms with Gasteiger partial charge >= 0.3 is 5.69 Å². The van der Waals surface area contributed by atoms with E-state index in [1.165, 1.54) is 6.07 Å². The van der Waals surface area contributed by atoms with E-state index in [1.54, 1.807) is 22.2 Å². The average molecular weight is 399 g/mol. The molecule has 0 spiro atoms. The zero-order valence-electron chi connectivity index (χ0n) is 17.1. The summed E-state index contributed by atoms with van der Waals surface area (Å²) in [5.74, 6) is 0.503. The Kier molecular flexibility index (Phi) is 5.02. The molecule has 0 unspecified atom stereocenters. The first-order valence-corrected chi connectivity index (χ1v) is 10.1. The quantitative estimate of drug-likeness (QED) is 0.716. The lowest BCUT2D eigenvalue weighted by Crippen LogP contribution is -2.31. The molecule has 8 heteroatoms. The van der Waals surface area contributed by atoms with Crippen LogP contribution in [0.5, 0.6) is 0 Å². The number of rotatable bonds is 5. The van der Waals surface area contributed by atoms with Crippen LogP contribution in [0.3, 0.4) is 0 Å². The number of nitrogens with one attached hydrogen (secondary N) is 1. The molecule has 3 heterocycles. The molecule has 1 N–H and O–H groups in total. The maximum atomic E-state index is 14.3. The fourth-order valence-corrected chi connectivity index (χ4v) is 4.25. The number of aromatic nitrogens is 4. The highest BCUT2D eigenvalue weighted by atomic mass is 19.1. The van der Waals surface area contributed by atoms with E-state index in [1.807, 2.05) is 13.8 Å². The summed E-state index contributed by atoms with van der Waals surface area (Å²) in [5, 5.41) is 0. The van der Waals surface area contributed by atoms with Crippen molar-refractivity contribution in [3.63, 3.8) is 0 Å². The molecule has 1 aromatic carbocycles. The van der Waals surface area contributed by atoms with Crippen molar-refractivity contribution >= 4 is 16.9 Å². The maximum absolute atomic E-state index is 14.3. The Morgan fingerprint density at radius 3 is 2.83 bits per heavy atom. The van der Waals surface area contributed by atoms with Crippen molar-refractivity contribution in [2.75, 3.05) is 11.4 Å². The number of imidazole rings is 1. The molecule has 0 saturated heterocycles. The van der Waals surface area contributed by atoms with Crippen molar-refractivity contribution in [2.24, 2.45) is 7.05 Å². The summed E-state index contributed by atoms with van der Waals surface area (Å²) in [6, 6.07) is 3.33. The van der Waals surface area contributed by atoms with Gasteiger partial charge in [0.15, 0.2) is 11.2 Å². The monoisotopic (exact) mass is 399 g/mol. The number of H-pyrrole nitrogens is 1. The summed E-state index contributed by atoms with van der Waals surface area (Å²) in [4.78, 5) is 34.0. The normalized spacial score (nSPS) is 13.9. The fraction of sp³-hybridized carbons (Fsp3) is 0.476. The molecule has 4 rings (SSSR count). The SMILES string of the molecule is CCCCn1c(=O)[nH]c(=O)c2c1nc(CN1CCCc3c(F)ccc(C)c31)n2C. The van der Waals surface area contributed by atoms with Crippen LogP contribution < -0.4 is 16.1 Å². The van der Waals surface area contributed by atoms with Gasteiger partial charge in [-0.05, 0) is 37.8 Å². The van der Waals surface area contributed by atoms with E-state index in [9.17, 15) is 14.0 Å². The molecular weight excluding hydrogens is 373 g/mol. The predicted octanol–water partition coefficient (Wildman–Crippen LogP) is 2.62. The van der Waals surface area contributed by atoms with Crippen LogP contribution in [0.1, 0.15) is 43.1 Å². The van der Waals surface area contributed by atoms with Gasteiger partial charge in [-0.1, -0.05) is 19.4 Å². The molecule has 154 valence electrons. The van der Waals surface area contributed by atoms with E-state index < -0.39 is 11.2 Å². The highest BCUT2D eigenvalue weighted by Gasteiger charge is 2.24. The number of hydrogen-bond donors (Lipinski definition) is 1. The smallest absolute Gasteiger partial charge is 0.330 e. The Morgan fingerprint density at radius 1 is 1.28 bits per heavy atom. The van der Waals surface area contributed by atoms with Crippen LogP contribution >= 0.6 is 0 Å². The van der Waals surface area contributed by atoms with Gasteiger partial charge in [0.25, 0.3) is 5.56 Å². The lowest BCUT2D eigenvalue weighted by molar-refractivity contribution is 0.581. The molecule has 3 aromatic rings. The third-order valence-corrected chi connectivity index (χ3v) is 5.77. The number of unbranched alkanes of at least 4 members (excludes halogenated alkanes) is 1. The number of aryl methyl sites for hydroxylation is 3. The van der Waals surface area contributed by atoms with Crippen molar-refractivity contribution in [2.45, 2.75) is 52.6 Å². The Labute approximate surface area is 167 Å². The van der Waals surface area contributed by atoms with E-state index in [0.717, 1.165) is 49.0 Å². The first-order chi connectivity index (χ1) is 13.9. The minimum Gasteiger partial charge on any atom is -0.364 e. The molecule has 29 heavy (non-hydrogen) atoms. The Balaban J connectivity index is 1.80. The Bertz CT molecular complexity index is 1190. The minimum atomic E-state index is -0.430. The van der Waals surface area contributed by atoms with Gasteiger partial charge in [0.1, 0.15) is 11.6 Å². The van der Waals surface area contributed by atoms with Crippen LogP contribution in [-0.2, 0) is 26.6 Å². The second-order valence-corrected chi connectivity index (χ2v) is 7.74. The van der Waals surface area contributed by atoms with Crippen LogP contribution in [0, 0.1) is 12.7 Å². The van der Waals surface area contributed by atoms with Crippen molar-refractivity contribution in [3.05, 3.63) is 55.7 Å². The lowest BCUT2D eigenvalue weighted by atomic mass is 9.97. The van der Waals surface area contributed by atoms with Gasteiger partial charge in [-0.2, -0.15) is 0 Å². The first kappa shape index (κ1) is 19.4. The molecule has 0 radical (unpaired) electrons. The molecule has 0 amide bonds. The minimum absolute atomic E-state index is 0.176. The largest absolute Gasteiger partial charge is 0.364 e. The second kappa shape index (κ2) is 7.50. The zero-order chi connectivity index (χ0) is 20.7. The molecule has 2 aromatic heterocycles. The number of fused-ring (bicyclic) bond motifs is 2. The van der Waals surface area contributed by atoms with E-state index in [2.05, 4.69) is 14.9 Å². The number of halogens is 1. The molecule has 0 saturated carbocycles. The predicted molar refractivity (Wildman–Crippen MR) is 111 cm³/mol. The van der Waals surface area contributed by atoms with Gasteiger partial charge in [0, 0.05) is 31.4 Å². The average Bonchev–Trinajstić information content (AvgIpc) is 3.01. The standard InChI is InChI=1S/C21H26FN5O2/c1-4-5-11-27-19-18(20(28)24-21(27)29)25(3)16(23-19)12-26-10-6-7-14-15(22)9-8-13(2)17(14)26/h8-9H,4-7,10-12H2,1-3H3,(H,24,28,29). The van der Waals surface area contributed by atoms with Crippen molar-refractivity contribution in [3.8, 4) is 0 Å². The van der Waals surface area contributed by atoms with E-state index >= 15 is 0 Å². The molecule has 0 fully saturated rings. The first-order valence-electron chi connectivity index (χ1n) is 10.1. The summed E-state index contributed by atoms with van der Waals surface area (Å²) >= 11 is 0. The highest BCUT2D eigenvalue weighted by molar-refractivity contribution is 5.71. The van der Waals surface area contributed by atoms with Gasteiger partial charge in [0.2, 0.25) is 0 Å². The van der Waals surface area contributed by atoms with Crippen LogP contribution in [0.25, 0.3) is 11.2 Å². The lowest BCUT2D eigenvalue weighted by Gasteiger charge is -2.32. The molecule has 1 aliphatic heterocycles. The van der Waals surface area contributed by atoms with Gasteiger partial charge < -0.3 is 9.47 Å². The number of aromatic amines is 1. The molecule has 1 aliphatic rings. The number of nitrogens with zero attached hydrogens (tertiary/aromatic N) is 4. The van der Waals surface area contributed by atoms with Crippen LogP contribution in [0.15, 0.2) is 21.7 Å². The van der Waals surface area contributed by atoms with Crippen molar-refractivity contribution in [1.29, 1.82) is 0 Å². The summed E-state index contributed by atoms with van der Waals surface area (Å²) in [7, 11) is 1.79. The molecule has 0 atom stereocenters. The molecule has 7 nitrogen and oxygen atoms in total. The third kappa shape index (κ3) is 3.26. The number of hydrogen-bond acceptors (Lipinski definition) is 4. The van der Waals surface area contributed by atoms with Crippen LogP contribution in [0.2, 0.25) is 0 Å². The highest BCUT2D eigenvalue weighted by Crippen LogP contribution is 2.33. The second-order valence-electron chi connectivity index (χ2n) is 7.74. The molecule has 0 aliphatic carbocycles. The van der Waals surface area contributed by atoms with E-state index in [0.29, 0.717) is 30.1 Å². The Hall–Kier alpha value is -2.90. The van der Waals surface area contributed by atoms with Gasteiger partial charge in [-0.15, -0.1) is 0 Å². The van der Waals surface area contributed by atoms with Gasteiger partial charge in [-0.3, -0.25) is 14.3 Å². The number of anilines is 1. The summed E-state index contributed by atoms with van der Waals surface area (Å²) in [6.07, 6.45) is 3.34. The third-order valence-electron chi connectivity index (χ3n) is 5.77. The van der Waals surface area contributed by atoms with Crippen molar-refractivity contribution < 1.29 is 4.39 Å². The van der Waals surface area contributed by atoms with Crippen LogP contribution in [-0.4, -0.2) is 25.6 Å².